The molecule has 9 heteroatoms. The topological polar surface area (TPSA) is 101 Å². The number of methoxy groups -OCH3 is 1. The second kappa shape index (κ2) is 6.88. The van der Waals surface area contributed by atoms with Crippen LogP contribution in [-0.2, 0) is 30.9 Å². The van der Waals surface area contributed by atoms with Crippen LogP contribution in [0.25, 0.3) is 0 Å². The number of rotatable bonds is 6. The minimum atomic E-state index is 0.336. The Balaban J connectivity index is 1.79. The van der Waals surface area contributed by atoms with Crippen molar-refractivity contribution in [3.63, 3.8) is 0 Å². The third kappa shape index (κ3) is 3.57. The normalized spacial score (nSPS) is 13.7. The molecular formula is C14H21N7O2. The standard InChI is InChI=1S/C14H21N7O2/c1-21(2)14-17-10-6-15-5-4-9(10)13(19-14)16-7-12-18-11(8-22-3)20-23-12/h15H,4-8H2,1-3H3,(H,16,17,19). The van der Waals surface area contributed by atoms with Crippen molar-refractivity contribution in [3.8, 4) is 0 Å². The SMILES string of the molecule is COCc1noc(CNc2nc(N(C)C)nc3c2CCNC3)n1. The van der Waals surface area contributed by atoms with Crippen LogP contribution in [0.2, 0.25) is 0 Å². The van der Waals surface area contributed by atoms with Gasteiger partial charge >= 0.3 is 0 Å². The zero-order chi connectivity index (χ0) is 16.2. The number of anilines is 2. The lowest BCUT2D eigenvalue weighted by molar-refractivity contribution is 0.174. The second-order valence-corrected chi connectivity index (χ2v) is 5.51. The van der Waals surface area contributed by atoms with Crippen LogP contribution in [0.15, 0.2) is 4.52 Å². The van der Waals surface area contributed by atoms with E-state index in [1.165, 1.54) is 0 Å². The average molecular weight is 319 g/mol. The molecule has 3 heterocycles. The predicted molar refractivity (Wildman–Crippen MR) is 84.1 cm³/mol. The number of aromatic nitrogens is 4. The summed E-state index contributed by atoms with van der Waals surface area (Å²) in [6, 6.07) is 0. The summed E-state index contributed by atoms with van der Waals surface area (Å²) in [6.07, 6.45) is 0.893. The van der Waals surface area contributed by atoms with Crippen LogP contribution >= 0.6 is 0 Å². The van der Waals surface area contributed by atoms with Crippen molar-refractivity contribution >= 4 is 11.8 Å². The molecule has 124 valence electrons. The van der Waals surface area contributed by atoms with Gasteiger partial charge in [-0.3, -0.25) is 0 Å². The van der Waals surface area contributed by atoms with Crippen LogP contribution in [0.3, 0.4) is 0 Å². The van der Waals surface area contributed by atoms with Crippen molar-refractivity contribution < 1.29 is 9.26 Å². The summed E-state index contributed by atoms with van der Waals surface area (Å²) < 4.78 is 10.2. The molecule has 0 aromatic carbocycles. The number of hydrogen-bond acceptors (Lipinski definition) is 9. The number of nitrogens with one attached hydrogen (secondary N) is 2. The molecule has 0 spiro atoms. The quantitative estimate of drug-likeness (QED) is 0.780. The molecule has 23 heavy (non-hydrogen) atoms. The second-order valence-electron chi connectivity index (χ2n) is 5.51. The molecule has 0 fully saturated rings. The van der Waals surface area contributed by atoms with Crippen molar-refractivity contribution in [2.24, 2.45) is 0 Å². The highest BCUT2D eigenvalue weighted by molar-refractivity contribution is 5.52. The van der Waals surface area contributed by atoms with Gasteiger partial charge in [0.2, 0.25) is 11.8 Å². The van der Waals surface area contributed by atoms with E-state index in [4.69, 9.17) is 9.26 Å². The van der Waals surface area contributed by atoms with Gasteiger partial charge in [-0.15, -0.1) is 0 Å². The average Bonchev–Trinajstić information content (AvgIpc) is 3.00. The minimum Gasteiger partial charge on any atom is -0.377 e. The van der Waals surface area contributed by atoms with E-state index in [9.17, 15) is 0 Å². The molecule has 0 atom stereocenters. The van der Waals surface area contributed by atoms with Gasteiger partial charge in [0.05, 0.1) is 12.2 Å². The number of ether oxygens (including phenoxy) is 1. The van der Waals surface area contributed by atoms with Crippen LogP contribution in [0.5, 0.6) is 0 Å². The third-order valence-corrected chi connectivity index (χ3v) is 3.52. The molecule has 1 aliphatic rings. The van der Waals surface area contributed by atoms with E-state index >= 15 is 0 Å². The van der Waals surface area contributed by atoms with E-state index in [0.717, 1.165) is 36.6 Å². The Labute approximate surface area is 134 Å². The highest BCUT2D eigenvalue weighted by Gasteiger charge is 2.18. The first kappa shape index (κ1) is 15.6. The Morgan fingerprint density at radius 1 is 1.30 bits per heavy atom. The highest BCUT2D eigenvalue weighted by atomic mass is 16.5. The van der Waals surface area contributed by atoms with E-state index in [-0.39, 0.29) is 0 Å². The Kier molecular flexibility index (Phi) is 4.68. The van der Waals surface area contributed by atoms with Gasteiger partial charge in [0.15, 0.2) is 5.82 Å². The van der Waals surface area contributed by atoms with E-state index in [1.54, 1.807) is 7.11 Å². The lowest BCUT2D eigenvalue weighted by atomic mass is 10.1. The molecule has 1 aliphatic heterocycles. The van der Waals surface area contributed by atoms with E-state index in [0.29, 0.717) is 30.8 Å². The van der Waals surface area contributed by atoms with Gasteiger partial charge in [-0.2, -0.15) is 9.97 Å². The number of hydrogen-bond donors (Lipinski definition) is 2. The maximum atomic E-state index is 5.19. The highest BCUT2D eigenvalue weighted by Crippen LogP contribution is 2.23. The summed E-state index contributed by atoms with van der Waals surface area (Å²) in [7, 11) is 5.45. The molecule has 0 aliphatic carbocycles. The van der Waals surface area contributed by atoms with Gasteiger partial charge in [-0.1, -0.05) is 5.16 Å². The lowest BCUT2D eigenvalue weighted by Crippen LogP contribution is -2.28. The smallest absolute Gasteiger partial charge is 0.246 e. The molecular weight excluding hydrogens is 298 g/mol. The fourth-order valence-corrected chi connectivity index (χ4v) is 2.40. The number of nitrogens with zero attached hydrogens (tertiary/aromatic N) is 5. The maximum absolute atomic E-state index is 5.19. The summed E-state index contributed by atoms with van der Waals surface area (Å²) >= 11 is 0. The first-order valence-electron chi connectivity index (χ1n) is 7.49. The first-order valence-corrected chi connectivity index (χ1v) is 7.49. The minimum absolute atomic E-state index is 0.336. The summed E-state index contributed by atoms with van der Waals surface area (Å²) in [4.78, 5) is 15.4. The third-order valence-electron chi connectivity index (χ3n) is 3.52. The molecule has 0 radical (unpaired) electrons. The van der Waals surface area contributed by atoms with Gasteiger partial charge in [0, 0.05) is 33.3 Å². The maximum Gasteiger partial charge on any atom is 0.246 e. The van der Waals surface area contributed by atoms with E-state index in [2.05, 4.69) is 30.7 Å². The molecule has 0 amide bonds. The Hall–Kier alpha value is -2.26. The summed E-state index contributed by atoms with van der Waals surface area (Å²) in [5, 5.41) is 10.5. The summed E-state index contributed by atoms with van der Waals surface area (Å²) in [6.45, 7) is 2.43. The molecule has 3 rings (SSSR count). The molecule has 2 aromatic rings. The van der Waals surface area contributed by atoms with Gasteiger partial charge in [0.1, 0.15) is 12.4 Å². The van der Waals surface area contributed by atoms with Crippen molar-refractivity contribution in [1.82, 2.24) is 25.4 Å². The molecule has 0 saturated heterocycles. The fourth-order valence-electron chi connectivity index (χ4n) is 2.40. The number of fused-ring (bicyclic) bond motifs is 1. The zero-order valence-corrected chi connectivity index (χ0v) is 13.6. The van der Waals surface area contributed by atoms with Crippen molar-refractivity contribution in [3.05, 3.63) is 23.0 Å². The fraction of sp³-hybridized carbons (Fsp3) is 0.571. The lowest BCUT2D eigenvalue weighted by Gasteiger charge is -2.22. The molecule has 9 nitrogen and oxygen atoms in total. The Bertz CT molecular complexity index is 671. The van der Waals surface area contributed by atoms with Crippen molar-refractivity contribution in [2.75, 3.05) is 38.0 Å². The summed E-state index contributed by atoms with van der Waals surface area (Å²) in [5.74, 6) is 2.55. The van der Waals surface area contributed by atoms with Gasteiger partial charge in [-0.25, -0.2) is 4.98 Å². The summed E-state index contributed by atoms with van der Waals surface area (Å²) in [5.41, 5.74) is 2.18. The molecule has 2 aromatic heterocycles. The van der Waals surface area contributed by atoms with Crippen LogP contribution in [-0.4, -0.2) is 47.9 Å². The van der Waals surface area contributed by atoms with Crippen LogP contribution in [0.1, 0.15) is 23.0 Å². The molecule has 0 unspecified atom stereocenters. The van der Waals surface area contributed by atoms with E-state index in [1.807, 2.05) is 19.0 Å². The first-order chi connectivity index (χ1) is 11.2. The van der Waals surface area contributed by atoms with Crippen molar-refractivity contribution in [1.29, 1.82) is 0 Å². The van der Waals surface area contributed by atoms with Crippen LogP contribution < -0.4 is 15.5 Å². The van der Waals surface area contributed by atoms with Gasteiger partial charge in [0.25, 0.3) is 0 Å². The largest absolute Gasteiger partial charge is 0.377 e. The van der Waals surface area contributed by atoms with Gasteiger partial charge in [-0.05, 0) is 13.0 Å². The molecule has 0 bridgehead atoms. The Morgan fingerprint density at radius 2 is 2.17 bits per heavy atom. The molecule has 2 N–H and O–H groups in total. The van der Waals surface area contributed by atoms with Crippen molar-refractivity contribution in [2.45, 2.75) is 26.1 Å². The monoisotopic (exact) mass is 319 g/mol. The van der Waals surface area contributed by atoms with E-state index < -0.39 is 0 Å². The van der Waals surface area contributed by atoms with Crippen LogP contribution in [0.4, 0.5) is 11.8 Å². The Morgan fingerprint density at radius 3 is 2.96 bits per heavy atom. The zero-order valence-electron chi connectivity index (χ0n) is 13.6. The predicted octanol–water partition coefficient (Wildman–Crippen LogP) is 0.330. The van der Waals surface area contributed by atoms with Gasteiger partial charge < -0.3 is 24.8 Å². The van der Waals surface area contributed by atoms with Crippen LogP contribution in [0, 0.1) is 0 Å². The molecule has 0 saturated carbocycles.